The lowest BCUT2D eigenvalue weighted by Crippen LogP contribution is -2.13. The van der Waals surface area contributed by atoms with Crippen molar-refractivity contribution in [2.45, 2.75) is 39.5 Å². The fourth-order valence-corrected chi connectivity index (χ4v) is 2.27. The smallest absolute Gasteiger partial charge is 0.224 e. The van der Waals surface area contributed by atoms with Crippen molar-refractivity contribution in [2.75, 3.05) is 5.32 Å². The maximum absolute atomic E-state index is 11.8. The van der Waals surface area contributed by atoms with Crippen LogP contribution in [0.15, 0.2) is 30.6 Å². The monoisotopic (exact) mass is 314 g/mol. The number of imidazole rings is 1. The summed E-state index contributed by atoms with van der Waals surface area (Å²) in [6.45, 7) is 3.99. The Kier molecular flexibility index (Phi) is 5.51. The van der Waals surface area contributed by atoms with Crippen LogP contribution in [0.1, 0.15) is 37.1 Å². The number of aryl methyl sites for hydroxylation is 1. The molecule has 6 heteroatoms. The number of hydrogen-bond acceptors (Lipinski definition) is 3. The summed E-state index contributed by atoms with van der Waals surface area (Å²) in [4.78, 5) is 26.7. The highest BCUT2D eigenvalue weighted by Crippen LogP contribution is 2.17. The van der Waals surface area contributed by atoms with Crippen LogP contribution < -0.4 is 11.1 Å². The van der Waals surface area contributed by atoms with E-state index in [9.17, 15) is 9.59 Å². The molecule has 0 bridgehead atoms. The Labute approximate surface area is 135 Å². The molecule has 2 rings (SSSR count). The van der Waals surface area contributed by atoms with Crippen molar-refractivity contribution in [3.63, 3.8) is 0 Å². The molecule has 122 valence electrons. The largest absolute Gasteiger partial charge is 0.370 e. The van der Waals surface area contributed by atoms with Gasteiger partial charge in [-0.1, -0.05) is 0 Å². The second-order valence-electron chi connectivity index (χ2n) is 5.55. The number of carbonyl (C=O) groups excluding carboxylic acids is 2. The third-order valence-electron chi connectivity index (χ3n) is 3.76. The van der Waals surface area contributed by atoms with E-state index in [1.807, 2.05) is 42.7 Å². The molecule has 0 unspecified atom stereocenters. The lowest BCUT2D eigenvalue weighted by Gasteiger charge is -2.08. The van der Waals surface area contributed by atoms with Gasteiger partial charge in [0.15, 0.2) is 0 Å². The summed E-state index contributed by atoms with van der Waals surface area (Å²) in [5, 5.41) is 2.85. The number of unbranched alkanes of at least 4 members (excludes halogenated alkanes) is 1. The molecular formula is C17H22N4O2. The average molecular weight is 314 g/mol. The predicted octanol–water partition coefficient (Wildman–Crippen LogP) is 2.47. The molecule has 23 heavy (non-hydrogen) atoms. The van der Waals surface area contributed by atoms with E-state index in [1.165, 1.54) is 0 Å². The van der Waals surface area contributed by atoms with Crippen molar-refractivity contribution in [3.8, 4) is 5.69 Å². The van der Waals surface area contributed by atoms with Gasteiger partial charge in [-0.15, -0.1) is 0 Å². The maximum Gasteiger partial charge on any atom is 0.224 e. The highest BCUT2D eigenvalue weighted by Gasteiger charge is 2.06. The second-order valence-corrected chi connectivity index (χ2v) is 5.55. The van der Waals surface area contributed by atoms with E-state index in [4.69, 9.17) is 5.73 Å². The number of benzene rings is 1. The lowest BCUT2D eigenvalue weighted by molar-refractivity contribution is -0.119. The Morgan fingerprint density at radius 2 is 1.78 bits per heavy atom. The van der Waals surface area contributed by atoms with Crippen LogP contribution in [0.25, 0.3) is 5.69 Å². The first-order valence-electron chi connectivity index (χ1n) is 7.66. The molecule has 0 saturated carbocycles. The minimum atomic E-state index is -0.328. The van der Waals surface area contributed by atoms with Gasteiger partial charge in [-0.25, -0.2) is 4.98 Å². The molecule has 0 atom stereocenters. The Morgan fingerprint density at radius 1 is 1.13 bits per heavy atom. The molecule has 6 nitrogen and oxygen atoms in total. The third-order valence-corrected chi connectivity index (χ3v) is 3.76. The lowest BCUT2D eigenvalue weighted by atomic mass is 10.2. The summed E-state index contributed by atoms with van der Waals surface area (Å²) >= 11 is 0. The van der Waals surface area contributed by atoms with Gasteiger partial charge in [-0.3, -0.25) is 9.59 Å². The van der Waals surface area contributed by atoms with E-state index in [0.717, 1.165) is 22.8 Å². The van der Waals surface area contributed by atoms with Gasteiger partial charge in [0.2, 0.25) is 11.8 Å². The fourth-order valence-electron chi connectivity index (χ4n) is 2.27. The van der Waals surface area contributed by atoms with Crippen LogP contribution in [0.4, 0.5) is 5.69 Å². The van der Waals surface area contributed by atoms with Crippen LogP contribution >= 0.6 is 0 Å². The molecule has 0 radical (unpaired) electrons. The normalized spacial score (nSPS) is 10.5. The molecule has 0 saturated heterocycles. The third kappa shape index (κ3) is 4.67. The number of hydrogen-bond donors (Lipinski definition) is 2. The van der Waals surface area contributed by atoms with Crippen LogP contribution in [0.2, 0.25) is 0 Å². The molecule has 1 aromatic heterocycles. The zero-order chi connectivity index (χ0) is 16.8. The van der Waals surface area contributed by atoms with E-state index in [0.29, 0.717) is 25.7 Å². The summed E-state index contributed by atoms with van der Waals surface area (Å²) in [6.07, 6.45) is 3.79. The number of nitrogens with one attached hydrogen (secondary N) is 1. The first-order valence-corrected chi connectivity index (χ1v) is 7.66. The van der Waals surface area contributed by atoms with Crippen LogP contribution in [0.5, 0.6) is 0 Å². The number of aromatic nitrogens is 2. The minimum Gasteiger partial charge on any atom is -0.370 e. The van der Waals surface area contributed by atoms with E-state index in [-0.39, 0.29) is 11.8 Å². The molecule has 0 aliphatic heterocycles. The highest BCUT2D eigenvalue weighted by molar-refractivity contribution is 5.90. The molecule has 0 aliphatic carbocycles. The Balaban J connectivity index is 1.89. The number of primary amides is 1. The van der Waals surface area contributed by atoms with Gasteiger partial charge < -0.3 is 15.6 Å². The molecular weight excluding hydrogens is 292 g/mol. The first-order chi connectivity index (χ1) is 11.0. The molecule has 0 fully saturated rings. The van der Waals surface area contributed by atoms with E-state index < -0.39 is 0 Å². The van der Waals surface area contributed by atoms with Gasteiger partial charge in [0.05, 0.1) is 12.0 Å². The van der Waals surface area contributed by atoms with Gasteiger partial charge in [-0.2, -0.15) is 0 Å². The number of rotatable bonds is 7. The summed E-state index contributed by atoms with van der Waals surface area (Å²) in [5.41, 5.74) is 8.91. The Bertz CT molecular complexity index is 689. The SMILES string of the molecule is Cc1ncn(-c2ccc(NC(=O)CCCCC(N)=O)cc2)c1C. The molecule has 3 N–H and O–H groups in total. The molecule has 2 amide bonds. The summed E-state index contributed by atoms with van der Waals surface area (Å²) in [6, 6.07) is 7.62. The van der Waals surface area contributed by atoms with Crippen LogP contribution in [-0.4, -0.2) is 21.4 Å². The molecule has 1 heterocycles. The summed E-state index contributed by atoms with van der Waals surface area (Å²) in [7, 11) is 0. The molecule has 1 aromatic carbocycles. The van der Waals surface area contributed by atoms with Crippen LogP contribution in [0, 0.1) is 13.8 Å². The number of carbonyl (C=O) groups is 2. The zero-order valence-corrected chi connectivity index (χ0v) is 13.5. The first kappa shape index (κ1) is 16.7. The van der Waals surface area contributed by atoms with E-state index in [2.05, 4.69) is 10.3 Å². The quantitative estimate of drug-likeness (QED) is 0.769. The number of amides is 2. The van der Waals surface area contributed by atoms with Gasteiger partial charge >= 0.3 is 0 Å². The highest BCUT2D eigenvalue weighted by atomic mass is 16.1. The van der Waals surface area contributed by atoms with E-state index >= 15 is 0 Å². The van der Waals surface area contributed by atoms with Gasteiger partial charge in [0, 0.05) is 29.9 Å². The topological polar surface area (TPSA) is 90.0 Å². The van der Waals surface area contributed by atoms with Crippen LogP contribution in [0.3, 0.4) is 0 Å². The predicted molar refractivity (Wildman–Crippen MR) is 89.3 cm³/mol. The number of nitrogens with two attached hydrogens (primary N) is 1. The minimum absolute atomic E-state index is 0.0584. The summed E-state index contributed by atoms with van der Waals surface area (Å²) in [5.74, 6) is -0.386. The van der Waals surface area contributed by atoms with Crippen molar-refractivity contribution >= 4 is 17.5 Å². The molecule has 0 aliphatic rings. The van der Waals surface area contributed by atoms with Gasteiger partial charge in [0.1, 0.15) is 0 Å². The van der Waals surface area contributed by atoms with Crippen molar-refractivity contribution in [1.82, 2.24) is 9.55 Å². The Hall–Kier alpha value is -2.63. The number of anilines is 1. The van der Waals surface area contributed by atoms with Crippen molar-refractivity contribution in [3.05, 3.63) is 42.0 Å². The van der Waals surface area contributed by atoms with E-state index in [1.54, 1.807) is 6.33 Å². The molecule has 2 aromatic rings. The summed E-state index contributed by atoms with van der Waals surface area (Å²) < 4.78 is 2.00. The zero-order valence-electron chi connectivity index (χ0n) is 13.5. The second kappa shape index (κ2) is 7.58. The fraction of sp³-hybridized carbons (Fsp3) is 0.353. The van der Waals surface area contributed by atoms with Crippen molar-refractivity contribution < 1.29 is 9.59 Å². The van der Waals surface area contributed by atoms with Crippen molar-refractivity contribution in [2.24, 2.45) is 5.73 Å². The molecule has 0 spiro atoms. The van der Waals surface area contributed by atoms with Crippen molar-refractivity contribution in [1.29, 1.82) is 0 Å². The Morgan fingerprint density at radius 3 is 2.35 bits per heavy atom. The standard InChI is InChI=1S/C17H22N4O2/c1-12-13(2)21(11-19-12)15-9-7-14(8-10-15)20-17(23)6-4-3-5-16(18)22/h7-11H,3-6H2,1-2H3,(H2,18,22)(H,20,23). The number of nitrogens with zero attached hydrogens (tertiary/aromatic N) is 2. The van der Waals surface area contributed by atoms with Crippen LogP contribution in [-0.2, 0) is 9.59 Å². The van der Waals surface area contributed by atoms with Gasteiger partial charge in [0.25, 0.3) is 0 Å². The average Bonchev–Trinajstić information content (AvgIpc) is 2.84. The van der Waals surface area contributed by atoms with Gasteiger partial charge in [-0.05, 0) is 51.0 Å². The maximum atomic E-state index is 11.8.